The van der Waals surface area contributed by atoms with Gasteiger partial charge >= 0.3 is 0 Å². The smallest absolute Gasteiger partial charge is 0.242 e. The average Bonchev–Trinajstić information content (AvgIpc) is 2.57. The molecule has 0 saturated heterocycles. The van der Waals surface area contributed by atoms with E-state index in [1.165, 1.54) is 38.5 Å². The number of nitro groups is 1. The fourth-order valence-corrected chi connectivity index (χ4v) is 2.88. The molecule has 24 heavy (non-hydrogen) atoms. The van der Waals surface area contributed by atoms with Gasteiger partial charge in [-0.3, -0.25) is 10.1 Å². The molecule has 0 saturated carbocycles. The molecule has 0 spiro atoms. The van der Waals surface area contributed by atoms with Crippen LogP contribution in [0.15, 0.2) is 11.8 Å². The van der Waals surface area contributed by atoms with Crippen LogP contribution >= 0.6 is 0 Å². The van der Waals surface area contributed by atoms with E-state index in [1.54, 1.807) is 0 Å². The summed E-state index contributed by atoms with van der Waals surface area (Å²) >= 11 is 0. The van der Waals surface area contributed by atoms with E-state index in [4.69, 9.17) is 0 Å². The maximum absolute atomic E-state index is 11.1. The Kier molecular flexibility index (Phi) is 17.3. The van der Waals surface area contributed by atoms with Crippen molar-refractivity contribution in [3.05, 3.63) is 21.9 Å². The Morgan fingerprint density at radius 3 is 1.83 bits per heavy atom. The third-order valence-corrected chi connectivity index (χ3v) is 4.43. The van der Waals surface area contributed by atoms with Crippen molar-refractivity contribution >= 4 is 6.29 Å². The maximum Gasteiger partial charge on any atom is 0.242 e. The van der Waals surface area contributed by atoms with Crippen molar-refractivity contribution in [1.29, 1.82) is 0 Å². The molecule has 0 heterocycles. The van der Waals surface area contributed by atoms with Crippen molar-refractivity contribution in [2.75, 3.05) is 0 Å². The summed E-state index contributed by atoms with van der Waals surface area (Å²) in [7, 11) is 0. The van der Waals surface area contributed by atoms with Gasteiger partial charge in [0.25, 0.3) is 0 Å². The lowest BCUT2D eigenvalue weighted by Crippen LogP contribution is -1.99. The van der Waals surface area contributed by atoms with Gasteiger partial charge in [-0.2, -0.15) is 0 Å². The maximum atomic E-state index is 11.1. The number of carbonyl (C=O) groups is 1. The Labute approximate surface area is 148 Å². The predicted octanol–water partition coefficient (Wildman–Crippen LogP) is 6.61. The highest BCUT2D eigenvalue weighted by atomic mass is 16.6. The number of rotatable bonds is 18. The minimum atomic E-state index is -0.203. The molecule has 140 valence electrons. The first-order chi connectivity index (χ1) is 11.7. The van der Waals surface area contributed by atoms with Crippen LogP contribution in [0.3, 0.4) is 0 Å². The molecule has 0 rings (SSSR count). The van der Waals surface area contributed by atoms with Crippen molar-refractivity contribution < 1.29 is 9.72 Å². The molecule has 0 amide bonds. The largest absolute Gasteiger partial charge is 0.303 e. The first kappa shape index (κ1) is 22.8. The number of unbranched alkanes of at least 4 members (excludes halogenated alkanes) is 13. The highest BCUT2D eigenvalue weighted by molar-refractivity contribution is 5.48. The lowest BCUT2D eigenvalue weighted by Gasteiger charge is -2.02. The van der Waals surface area contributed by atoms with Crippen LogP contribution in [-0.4, -0.2) is 11.2 Å². The van der Waals surface area contributed by atoms with Gasteiger partial charge in [0.1, 0.15) is 6.29 Å². The zero-order chi connectivity index (χ0) is 17.9. The Hall–Kier alpha value is -1.19. The second-order valence-electron chi connectivity index (χ2n) is 6.69. The van der Waals surface area contributed by atoms with Crippen LogP contribution in [0.1, 0.15) is 110 Å². The van der Waals surface area contributed by atoms with E-state index in [-0.39, 0.29) is 4.92 Å². The minimum absolute atomic E-state index is 0.203. The highest BCUT2D eigenvalue weighted by Crippen LogP contribution is 2.15. The number of aldehydes is 1. The molecule has 0 aliphatic heterocycles. The SMILES string of the molecule is CCCCCCCCCC/C(=C/CCCCCCCC=O)[N+](=O)[O-]. The fourth-order valence-electron chi connectivity index (χ4n) is 2.88. The van der Waals surface area contributed by atoms with E-state index in [9.17, 15) is 14.9 Å². The number of carbonyl (C=O) groups excluding carboxylic acids is 1. The van der Waals surface area contributed by atoms with E-state index < -0.39 is 0 Å². The molecule has 0 N–H and O–H groups in total. The molecule has 0 unspecified atom stereocenters. The molecule has 0 aliphatic rings. The lowest BCUT2D eigenvalue weighted by molar-refractivity contribution is -0.428. The molecule has 0 aliphatic carbocycles. The summed E-state index contributed by atoms with van der Waals surface area (Å²) in [5.74, 6) is 0. The Morgan fingerprint density at radius 2 is 1.29 bits per heavy atom. The van der Waals surface area contributed by atoms with Gasteiger partial charge in [-0.1, -0.05) is 71.1 Å². The van der Waals surface area contributed by atoms with E-state index in [2.05, 4.69) is 6.92 Å². The van der Waals surface area contributed by atoms with Gasteiger partial charge in [0.05, 0.1) is 4.92 Å². The molecule has 0 aromatic carbocycles. The first-order valence-corrected chi connectivity index (χ1v) is 9.99. The van der Waals surface area contributed by atoms with Crippen LogP contribution in [0.2, 0.25) is 0 Å². The average molecular weight is 340 g/mol. The van der Waals surface area contributed by atoms with Gasteiger partial charge in [0.2, 0.25) is 5.70 Å². The van der Waals surface area contributed by atoms with Crippen LogP contribution in [-0.2, 0) is 4.79 Å². The summed E-state index contributed by atoms with van der Waals surface area (Å²) in [5, 5.41) is 11.1. The normalized spacial score (nSPS) is 11.6. The van der Waals surface area contributed by atoms with E-state index in [1.807, 2.05) is 6.08 Å². The number of hydrogen-bond donors (Lipinski definition) is 0. The van der Waals surface area contributed by atoms with Crippen LogP contribution in [0, 0.1) is 10.1 Å². The molecule has 4 heteroatoms. The number of nitrogens with zero attached hydrogens (tertiary/aromatic N) is 1. The molecule has 0 atom stereocenters. The van der Waals surface area contributed by atoms with Gasteiger partial charge < -0.3 is 4.79 Å². The zero-order valence-corrected chi connectivity index (χ0v) is 15.6. The standard InChI is InChI=1S/C20H37NO3/c1-2-3-4-5-6-8-11-14-17-20(21(23)24)18-15-12-9-7-10-13-16-19-22/h18-19H,2-17H2,1H3/b20-18-. The van der Waals surface area contributed by atoms with Crippen LogP contribution in [0.4, 0.5) is 0 Å². The van der Waals surface area contributed by atoms with Crippen molar-refractivity contribution in [1.82, 2.24) is 0 Å². The second-order valence-corrected chi connectivity index (χ2v) is 6.69. The molecule has 0 aromatic rings. The van der Waals surface area contributed by atoms with Crippen LogP contribution in [0.5, 0.6) is 0 Å². The monoisotopic (exact) mass is 339 g/mol. The zero-order valence-electron chi connectivity index (χ0n) is 15.6. The molecule has 0 bridgehead atoms. The van der Waals surface area contributed by atoms with Crippen LogP contribution < -0.4 is 0 Å². The van der Waals surface area contributed by atoms with Gasteiger partial charge in [0.15, 0.2) is 0 Å². The van der Waals surface area contributed by atoms with Gasteiger partial charge in [-0.25, -0.2) is 0 Å². The molecular weight excluding hydrogens is 302 g/mol. The van der Waals surface area contributed by atoms with Crippen molar-refractivity contribution in [3.63, 3.8) is 0 Å². The van der Waals surface area contributed by atoms with Gasteiger partial charge in [-0.15, -0.1) is 0 Å². The fraction of sp³-hybridized carbons (Fsp3) is 0.850. The third kappa shape index (κ3) is 15.7. The number of allylic oxidation sites excluding steroid dienone is 2. The van der Waals surface area contributed by atoms with E-state index in [0.29, 0.717) is 18.5 Å². The summed E-state index contributed by atoms with van der Waals surface area (Å²) in [6, 6.07) is 0. The van der Waals surface area contributed by atoms with E-state index in [0.717, 1.165) is 57.7 Å². The van der Waals surface area contributed by atoms with Gasteiger partial charge in [0, 0.05) is 12.8 Å². The quantitative estimate of drug-likeness (QED) is 0.122. The summed E-state index contributed by atoms with van der Waals surface area (Å²) in [6.07, 6.45) is 19.9. The van der Waals surface area contributed by atoms with Crippen molar-refractivity contribution in [2.24, 2.45) is 0 Å². The predicted molar refractivity (Wildman–Crippen MR) is 101 cm³/mol. The molecule has 4 nitrogen and oxygen atoms in total. The van der Waals surface area contributed by atoms with Gasteiger partial charge in [-0.05, 0) is 31.8 Å². The molecule has 0 aromatic heterocycles. The summed E-state index contributed by atoms with van der Waals surface area (Å²) < 4.78 is 0. The molecular formula is C20H37NO3. The third-order valence-electron chi connectivity index (χ3n) is 4.43. The van der Waals surface area contributed by atoms with Crippen molar-refractivity contribution in [3.8, 4) is 0 Å². The topological polar surface area (TPSA) is 60.2 Å². The van der Waals surface area contributed by atoms with Crippen LogP contribution in [0.25, 0.3) is 0 Å². The first-order valence-electron chi connectivity index (χ1n) is 9.99. The molecule has 0 fully saturated rings. The minimum Gasteiger partial charge on any atom is -0.303 e. The van der Waals surface area contributed by atoms with E-state index >= 15 is 0 Å². The Balaban J connectivity index is 3.65. The number of hydrogen-bond acceptors (Lipinski definition) is 3. The Bertz CT molecular complexity index is 340. The Morgan fingerprint density at radius 1 is 0.792 bits per heavy atom. The summed E-state index contributed by atoms with van der Waals surface area (Å²) in [4.78, 5) is 21.1. The lowest BCUT2D eigenvalue weighted by atomic mass is 10.1. The summed E-state index contributed by atoms with van der Waals surface area (Å²) in [5.41, 5.74) is 0.405. The molecule has 0 radical (unpaired) electrons. The van der Waals surface area contributed by atoms with Crippen molar-refractivity contribution in [2.45, 2.75) is 110 Å². The second kappa shape index (κ2) is 18.2. The highest BCUT2D eigenvalue weighted by Gasteiger charge is 2.09. The summed E-state index contributed by atoms with van der Waals surface area (Å²) in [6.45, 7) is 2.22.